The SMILES string of the molecule is CC(=O)CCCCCC(N)C(C)=O.C[C-]=O.C[C-]=O.[1H]C(C)=O.[CH3-].[K+]. The van der Waals surface area contributed by atoms with E-state index in [1.54, 1.807) is 6.92 Å². The van der Waals surface area contributed by atoms with Crippen molar-refractivity contribution in [2.45, 2.75) is 72.8 Å². The van der Waals surface area contributed by atoms with E-state index in [9.17, 15) is 9.59 Å². The number of aldehydes is 1. The molecule has 0 aromatic carbocycles. The van der Waals surface area contributed by atoms with E-state index in [4.69, 9.17) is 21.5 Å². The van der Waals surface area contributed by atoms with Crippen LogP contribution in [0.2, 0.25) is 0 Å². The van der Waals surface area contributed by atoms with Gasteiger partial charge in [0.15, 0.2) is 0 Å². The summed E-state index contributed by atoms with van der Waals surface area (Å²) in [7, 11) is 0. The van der Waals surface area contributed by atoms with Crippen molar-refractivity contribution in [3.05, 3.63) is 7.43 Å². The summed E-state index contributed by atoms with van der Waals surface area (Å²) in [6, 6.07) is -0.308. The summed E-state index contributed by atoms with van der Waals surface area (Å²) in [5.74, 6) is 0.280. The second-order valence-corrected chi connectivity index (χ2v) is 4.13. The smallest absolute Gasteiger partial charge is 0.542 e. The molecule has 0 aliphatic heterocycles. The summed E-state index contributed by atoms with van der Waals surface area (Å²) in [6.45, 7) is 6.95. The topological polar surface area (TPSA) is 111 Å². The number of ketones is 2. The predicted octanol–water partition coefficient (Wildman–Crippen LogP) is -0.666. The zero-order valence-corrected chi connectivity index (χ0v) is 19.4. The number of carbonyl (C=O) groups excluding carboxylic acids is 5. The zero-order valence-electron chi connectivity index (χ0n) is 17.2. The minimum atomic E-state index is -0.583. The Labute approximate surface area is 191 Å². The van der Waals surface area contributed by atoms with Crippen LogP contribution in [-0.2, 0) is 24.0 Å². The summed E-state index contributed by atoms with van der Waals surface area (Å²) in [5, 5.41) is 0. The molecular formula is C17H32KNO5-2. The van der Waals surface area contributed by atoms with Gasteiger partial charge < -0.3 is 32.3 Å². The zero-order chi connectivity index (χ0) is 19.3. The summed E-state index contributed by atoms with van der Waals surface area (Å²) >= 11 is 0. The number of rotatable bonds is 7. The normalized spacial score (nSPS) is 9.00. The third kappa shape index (κ3) is 67.5. The fraction of sp³-hybridized carbons (Fsp3) is 0.647. The van der Waals surface area contributed by atoms with Crippen LogP contribution in [0, 0.1) is 7.43 Å². The maximum atomic E-state index is 10.7. The molecule has 0 radical (unpaired) electrons. The van der Waals surface area contributed by atoms with E-state index in [-0.39, 0.29) is 76.4 Å². The minimum Gasteiger partial charge on any atom is -0.542 e. The van der Waals surface area contributed by atoms with E-state index >= 15 is 0 Å². The molecule has 0 heterocycles. The Morgan fingerprint density at radius 1 is 1.12 bits per heavy atom. The van der Waals surface area contributed by atoms with Crippen molar-refractivity contribution in [1.82, 2.24) is 0 Å². The van der Waals surface area contributed by atoms with Crippen molar-refractivity contribution >= 4 is 30.4 Å². The third-order valence-corrected chi connectivity index (χ3v) is 2.07. The molecule has 6 nitrogen and oxygen atoms in total. The van der Waals surface area contributed by atoms with Gasteiger partial charge in [-0.2, -0.15) is 13.8 Å². The van der Waals surface area contributed by atoms with Crippen LogP contribution < -0.4 is 57.1 Å². The molecule has 7 heteroatoms. The van der Waals surface area contributed by atoms with Gasteiger partial charge in [-0.15, -0.1) is 0 Å². The number of unbranched alkanes of at least 4 members (excludes halogenated alkanes) is 2. The fourth-order valence-electron chi connectivity index (χ4n) is 1.12. The summed E-state index contributed by atoms with van der Waals surface area (Å²) in [6.07, 6.45) is 6.65. The van der Waals surface area contributed by atoms with Gasteiger partial charge in [0.2, 0.25) is 0 Å². The molecule has 0 aromatic heterocycles. The summed E-state index contributed by atoms with van der Waals surface area (Å²) < 4.78 is 5.94. The second kappa shape index (κ2) is 38.5. The molecule has 0 rings (SSSR count). The van der Waals surface area contributed by atoms with Crippen LogP contribution in [0.15, 0.2) is 0 Å². The fourth-order valence-corrected chi connectivity index (χ4v) is 1.12. The molecule has 0 aliphatic carbocycles. The van der Waals surface area contributed by atoms with Crippen LogP contribution in [0.25, 0.3) is 0 Å². The Balaban J connectivity index is -0.0000000629. The molecule has 0 saturated heterocycles. The average Bonchev–Trinajstić information content (AvgIpc) is 2.38. The first-order chi connectivity index (χ1) is 10.6. The molecule has 0 saturated carbocycles. The van der Waals surface area contributed by atoms with E-state index < -0.39 is 6.26 Å². The van der Waals surface area contributed by atoms with Gasteiger partial charge in [0.05, 0.1) is 6.04 Å². The van der Waals surface area contributed by atoms with Gasteiger partial charge in [0.25, 0.3) is 0 Å². The molecule has 0 amide bonds. The van der Waals surface area contributed by atoms with Crippen LogP contribution in [0.3, 0.4) is 0 Å². The Kier molecular flexibility index (Phi) is 56.3. The molecule has 0 fully saturated rings. The van der Waals surface area contributed by atoms with Crippen LogP contribution in [0.1, 0.15) is 68.1 Å². The number of nitrogens with two attached hydrogens (primary N) is 1. The molecule has 2 N–H and O–H groups in total. The number of hydrogen-bond donors (Lipinski definition) is 1. The molecule has 0 spiro atoms. The average molecular weight is 370 g/mol. The van der Waals surface area contributed by atoms with Crippen molar-refractivity contribution in [3.63, 3.8) is 0 Å². The number of carbonyl (C=O) groups is 3. The Morgan fingerprint density at radius 3 is 1.71 bits per heavy atom. The first-order valence-corrected chi connectivity index (χ1v) is 6.90. The van der Waals surface area contributed by atoms with E-state index in [1.165, 1.54) is 40.3 Å². The largest absolute Gasteiger partial charge is 1.00 e. The van der Waals surface area contributed by atoms with E-state index in [1.807, 2.05) is 0 Å². The maximum absolute atomic E-state index is 10.7. The van der Waals surface area contributed by atoms with Gasteiger partial charge in [-0.25, -0.2) is 0 Å². The summed E-state index contributed by atoms with van der Waals surface area (Å²) in [5.41, 5.74) is 5.54. The van der Waals surface area contributed by atoms with Crippen LogP contribution in [0.4, 0.5) is 0 Å². The maximum Gasteiger partial charge on any atom is 1.00 e. The molecular weight excluding hydrogens is 337 g/mol. The molecule has 0 aromatic rings. The number of Topliss-reactive ketones (excluding diaryl/α,β-unsaturated/α-hetero) is 2. The van der Waals surface area contributed by atoms with Crippen molar-refractivity contribution in [3.8, 4) is 0 Å². The molecule has 1 unspecified atom stereocenters. The standard InChI is InChI=1S/C10H19NO2.C2H4O.2C2H3O.CH3.K/c1-8(12)6-4-3-5-7-10(11)9(2)13;3*1-2-3;;/h10H,3-7,11H2,1-2H3;2H,1H3;2*1H3;1H3;/q;;3*-1;+1/i;2H;;;;. The molecule has 138 valence electrons. The quantitative estimate of drug-likeness (QED) is 0.276. The van der Waals surface area contributed by atoms with E-state index in [0.717, 1.165) is 25.7 Å². The Hall–Kier alpha value is -0.0536. The predicted molar refractivity (Wildman–Crippen MR) is 93.3 cm³/mol. The van der Waals surface area contributed by atoms with Crippen LogP contribution >= 0.6 is 0 Å². The van der Waals surface area contributed by atoms with E-state index in [2.05, 4.69) is 0 Å². The van der Waals surface area contributed by atoms with Gasteiger partial charge in [-0.05, 0) is 33.6 Å². The van der Waals surface area contributed by atoms with Crippen LogP contribution in [-0.4, -0.2) is 36.4 Å². The summed E-state index contributed by atoms with van der Waals surface area (Å²) in [4.78, 5) is 47.8. The molecule has 0 aliphatic rings. The van der Waals surface area contributed by atoms with Gasteiger partial charge in [0.1, 0.15) is 19.2 Å². The molecule has 1 atom stereocenters. The Bertz CT molecular complexity index is 329. The number of hydrogen-bond acceptors (Lipinski definition) is 6. The first-order valence-electron chi connectivity index (χ1n) is 7.40. The van der Waals surface area contributed by atoms with Gasteiger partial charge in [0, 0.05) is 6.42 Å². The van der Waals surface area contributed by atoms with Crippen molar-refractivity contribution in [2.24, 2.45) is 5.73 Å². The molecule has 0 bridgehead atoms. The van der Waals surface area contributed by atoms with Gasteiger partial charge in [-0.3, -0.25) is 17.4 Å². The molecule has 24 heavy (non-hydrogen) atoms. The van der Waals surface area contributed by atoms with Crippen LogP contribution in [0.5, 0.6) is 0 Å². The minimum absolute atomic E-state index is 0. The van der Waals surface area contributed by atoms with Crippen molar-refractivity contribution in [1.29, 1.82) is 0 Å². The van der Waals surface area contributed by atoms with Gasteiger partial charge >= 0.3 is 51.4 Å². The second-order valence-electron chi connectivity index (χ2n) is 4.13. The van der Waals surface area contributed by atoms with Crippen molar-refractivity contribution < 1.29 is 76.7 Å². The Morgan fingerprint density at radius 2 is 1.46 bits per heavy atom. The third-order valence-electron chi connectivity index (χ3n) is 2.07. The monoisotopic (exact) mass is 369 g/mol. The van der Waals surface area contributed by atoms with Gasteiger partial charge in [-0.1, -0.05) is 12.8 Å². The van der Waals surface area contributed by atoms with Crippen molar-refractivity contribution in [2.75, 3.05) is 0 Å². The first kappa shape index (κ1) is 35.1. The van der Waals surface area contributed by atoms with E-state index in [0.29, 0.717) is 6.42 Å².